The van der Waals surface area contributed by atoms with Crippen molar-refractivity contribution in [2.24, 2.45) is 23.5 Å². The van der Waals surface area contributed by atoms with E-state index >= 15 is 0 Å². The summed E-state index contributed by atoms with van der Waals surface area (Å²) in [6, 6.07) is 9.35. The highest BCUT2D eigenvalue weighted by molar-refractivity contribution is 5.29. The van der Waals surface area contributed by atoms with Crippen molar-refractivity contribution in [1.82, 2.24) is 0 Å². The Morgan fingerprint density at radius 1 is 1.14 bits per heavy atom. The summed E-state index contributed by atoms with van der Waals surface area (Å²) < 4.78 is 0. The predicted octanol–water partition coefficient (Wildman–Crippen LogP) is 5.20. The molecule has 1 aromatic rings. The van der Waals surface area contributed by atoms with Gasteiger partial charge in [0.15, 0.2) is 0 Å². The molecule has 0 aromatic heterocycles. The third kappa shape index (κ3) is 3.04. The van der Waals surface area contributed by atoms with Crippen LogP contribution < -0.4 is 5.73 Å². The van der Waals surface area contributed by atoms with Crippen LogP contribution in [0.1, 0.15) is 76.5 Å². The van der Waals surface area contributed by atoms with Crippen LogP contribution in [0.3, 0.4) is 0 Å². The molecule has 1 nitrogen and oxygen atoms in total. The van der Waals surface area contributed by atoms with Crippen molar-refractivity contribution in [2.45, 2.75) is 70.8 Å². The van der Waals surface area contributed by atoms with Crippen LogP contribution in [0.15, 0.2) is 24.3 Å². The Balaban J connectivity index is 1.64. The van der Waals surface area contributed by atoms with Crippen molar-refractivity contribution >= 4 is 0 Å². The van der Waals surface area contributed by atoms with Gasteiger partial charge in [-0.25, -0.2) is 0 Å². The second kappa shape index (κ2) is 5.76. The summed E-state index contributed by atoms with van der Waals surface area (Å²) in [5.41, 5.74) is 9.53. The van der Waals surface area contributed by atoms with Gasteiger partial charge in [-0.2, -0.15) is 0 Å². The molecular weight excluding hydrogens is 254 g/mol. The predicted molar refractivity (Wildman–Crippen MR) is 90.2 cm³/mol. The Morgan fingerprint density at radius 2 is 1.86 bits per heavy atom. The molecule has 1 heteroatoms. The maximum absolute atomic E-state index is 6.50. The van der Waals surface area contributed by atoms with E-state index in [1.165, 1.54) is 49.7 Å². The number of hydrogen-bond acceptors (Lipinski definition) is 1. The standard InChI is InChI=1S/C20H31N/c1-4-20(2,3)18-9-7-15(8-10-18)19(21)13-17-12-14-5-6-16(17)11-14/h7-10,14,16-17,19H,4-6,11-13,21H2,1-3H3. The highest BCUT2D eigenvalue weighted by Gasteiger charge is 2.39. The molecule has 0 saturated heterocycles. The average molecular weight is 285 g/mol. The van der Waals surface area contributed by atoms with E-state index in [2.05, 4.69) is 45.0 Å². The topological polar surface area (TPSA) is 26.0 Å². The first-order chi connectivity index (χ1) is 9.99. The molecule has 2 bridgehead atoms. The molecule has 0 radical (unpaired) electrons. The van der Waals surface area contributed by atoms with Gasteiger partial charge in [-0.3, -0.25) is 0 Å². The van der Waals surface area contributed by atoms with Gasteiger partial charge >= 0.3 is 0 Å². The van der Waals surface area contributed by atoms with Crippen molar-refractivity contribution in [2.75, 3.05) is 0 Å². The molecule has 2 fully saturated rings. The van der Waals surface area contributed by atoms with Gasteiger partial charge in [0.2, 0.25) is 0 Å². The van der Waals surface area contributed by atoms with Crippen LogP contribution in [-0.4, -0.2) is 0 Å². The van der Waals surface area contributed by atoms with E-state index in [-0.39, 0.29) is 11.5 Å². The summed E-state index contributed by atoms with van der Waals surface area (Å²) in [4.78, 5) is 0. The Kier molecular flexibility index (Phi) is 4.14. The van der Waals surface area contributed by atoms with Crippen molar-refractivity contribution in [1.29, 1.82) is 0 Å². The van der Waals surface area contributed by atoms with Crippen molar-refractivity contribution < 1.29 is 0 Å². The van der Waals surface area contributed by atoms with Crippen molar-refractivity contribution in [3.8, 4) is 0 Å². The zero-order chi connectivity index (χ0) is 15.0. The first-order valence-corrected chi connectivity index (χ1v) is 8.85. The molecule has 2 N–H and O–H groups in total. The number of benzene rings is 1. The normalized spacial score (nSPS) is 29.8. The van der Waals surface area contributed by atoms with Gasteiger partial charge in [0.1, 0.15) is 0 Å². The number of fused-ring (bicyclic) bond motifs is 2. The van der Waals surface area contributed by atoms with E-state index in [0.29, 0.717) is 0 Å². The molecule has 116 valence electrons. The fraction of sp³-hybridized carbons (Fsp3) is 0.700. The molecule has 2 saturated carbocycles. The second-order valence-corrected chi connectivity index (χ2v) is 8.14. The molecule has 2 aliphatic rings. The van der Waals surface area contributed by atoms with Gasteiger partial charge in [-0.15, -0.1) is 0 Å². The molecule has 0 amide bonds. The van der Waals surface area contributed by atoms with E-state index in [9.17, 15) is 0 Å². The van der Waals surface area contributed by atoms with Gasteiger partial charge < -0.3 is 5.73 Å². The van der Waals surface area contributed by atoms with Crippen LogP contribution in [0.5, 0.6) is 0 Å². The third-order valence-corrected chi connectivity index (χ3v) is 6.45. The van der Waals surface area contributed by atoms with Gasteiger partial charge in [0, 0.05) is 6.04 Å². The quantitative estimate of drug-likeness (QED) is 0.790. The highest BCUT2D eigenvalue weighted by Crippen LogP contribution is 2.50. The lowest BCUT2D eigenvalue weighted by Crippen LogP contribution is -2.20. The van der Waals surface area contributed by atoms with E-state index in [4.69, 9.17) is 5.73 Å². The smallest absolute Gasteiger partial charge is 0.0297 e. The largest absolute Gasteiger partial charge is 0.324 e. The van der Waals surface area contributed by atoms with Crippen LogP contribution >= 0.6 is 0 Å². The molecule has 0 spiro atoms. The SMILES string of the molecule is CCC(C)(C)c1ccc(C(N)CC2CC3CCC2C3)cc1. The van der Waals surface area contributed by atoms with Gasteiger partial charge in [0.05, 0.1) is 0 Å². The molecule has 2 aliphatic carbocycles. The maximum atomic E-state index is 6.50. The van der Waals surface area contributed by atoms with Crippen molar-refractivity contribution in [3.63, 3.8) is 0 Å². The number of nitrogens with two attached hydrogens (primary N) is 1. The second-order valence-electron chi connectivity index (χ2n) is 8.14. The number of hydrogen-bond donors (Lipinski definition) is 1. The molecular formula is C20H31N. The van der Waals surface area contributed by atoms with E-state index < -0.39 is 0 Å². The number of rotatable bonds is 5. The zero-order valence-electron chi connectivity index (χ0n) is 13.9. The summed E-state index contributed by atoms with van der Waals surface area (Å²) in [5.74, 6) is 2.91. The van der Waals surface area contributed by atoms with Crippen LogP contribution in [0.2, 0.25) is 0 Å². The fourth-order valence-corrected chi connectivity index (χ4v) is 4.51. The van der Waals surface area contributed by atoms with Crippen molar-refractivity contribution in [3.05, 3.63) is 35.4 Å². The summed E-state index contributed by atoms with van der Waals surface area (Å²) in [6.45, 7) is 6.89. The van der Waals surface area contributed by atoms with Crippen LogP contribution in [0, 0.1) is 17.8 Å². The summed E-state index contributed by atoms with van der Waals surface area (Å²) in [7, 11) is 0. The lowest BCUT2D eigenvalue weighted by Gasteiger charge is -2.26. The summed E-state index contributed by atoms with van der Waals surface area (Å²) in [5, 5.41) is 0. The molecule has 3 rings (SSSR count). The third-order valence-electron chi connectivity index (χ3n) is 6.45. The molecule has 4 atom stereocenters. The van der Waals surface area contributed by atoms with Gasteiger partial charge in [-0.1, -0.05) is 51.5 Å². The fourth-order valence-electron chi connectivity index (χ4n) is 4.51. The van der Waals surface area contributed by atoms with E-state index in [0.717, 1.165) is 17.8 Å². The lowest BCUT2D eigenvalue weighted by atomic mass is 9.80. The first-order valence-electron chi connectivity index (χ1n) is 8.85. The van der Waals surface area contributed by atoms with Crippen LogP contribution in [-0.2, 0) is 5.41 Å². The average Bonchev–Trinajstić information content (AvgIpc) is 3.10. The Morgan fingerprint density at radius 3 is 2.38 bits per heavy atom. The van der Waals surface area contributed by atoms with Crippen LogP contribution in [0.4, 0.5) is 0 Å². The zero-order valence-corrected chi connectivity index (χ0v) is 13.9. The first kappa shape index (κ1) is 15.1. The molecule has 0 heterocycles. The minimum Gasteiger partial charge on any atom is -0.324 e. The van der Waals surface area contributed by atoms with Gasteiger partial charge in [-0.05, 0) is 66.4 Å². The Bertz CT molecular complexity index is 473. The summed E-state index contributed by atoms with van der Waals surface area (Å²) in [6.07, 6.45) is 8.24. The maximum Gasteiger partial charge on any atom is 0.0297 e. The summed E-state index contributed by atoms with van der Waals surface area (Å²) >= 11 is 0. The van der Waals surface area contributed by atoms with E-state index in [1.54, 1.807) is 0 Å². The van der Waals surface area contributed by atoms with Gasteiger partial charge in [0.25, 0.3) is 0 Å². The van der Waals surface area contributed by atoms with E-state index in [1.807, 2.05) is 0 Å². The highest BCUT2D eigenvalue weighted by atomic mass is 14.6. The minimum atomic E-state index is 0.230. The molecule has 4 unspecified atom stereocenters. The Hall–Kier alpha value is -0.820. The molecule has 1 aromatic carbocycles. The Labute approximate surface area is 130 Å². The monoisotopic (exact) mass is 285 g/mol. The lowest BCUT2D eigenvalue weighted by molar-refractivity contribution is 0.296. The minimum absolute atomic E-state index is 0.230. The van der Waals surface area contributed by atoms with Crippen LogP contribution in [0.25, 0.3) is 0 Å². The molecule has 21 heavy (non-hydrogen) atoms. The molecule has 0 aliphatic heterocycles.